The summed E-state index contributed by atoms with van der Waals surface area (Å²) in [5.74, 6) is 0.650. The van der Waals surface area contributed by atoms with Crippen molar-refractivity contribution in [3.05, 3.63) is 35.6 Å². The van der Waals surface area contributed by atoms with E-state index in [9.17, 15) is 9.59 Å². The molecule has 35 heavy (non-hydrogen) atoms. The van der Waals surface area contributed by atoms with Crippen LogP contribution in [0.3, 0.4) is 0 Å². The molecule has 2 amide bonds. The van der Waals surface area contributed by atoms with Crippen molar-refractivity contribution >= 4 is 62.8 Å². The molecule has 1 aromatic heterocycles. The monoisotopic (exact) mass is 583 g/mol. The number of rotatable bonds is 7. The number of hydrogen-bond acceptors (Lipinski definition) is 7. The summed E-state index contributed by atoms with van der Waals surface area (Å²) in [6, 6.07) is 5.47. The number of benzene rings is 1. The Labute approximate surface area is 224 Å². The molecule has 0 saturated carbocycles. The van der Waals surface area contributed by atoms with E-state index in [2.05, 4.69) is 48.4 Å². The van der Waals surface area contributed by atoms with E-state index in [-0.39, 0.29) is 22.7 Å². The number of carbonyl (C=O) groups is 2. The first kappa shape index (κ1) is 27.5. The second-order valence-corrected chi connectivity index (χ2v) is 11.8. The fraction of sp³-hybridized carbons (Fsp3) is 0.500. The Morgan fingerprint density at radius 3 is 2.54 bits per heavy atom. The first-order valence-electron chi connectivity index (χ1n) is 11.3. The average molecular weight is 585 g/mol. The van der Waals surface area contributed by atoms with Gasteiger partial charge in [-0.05, 0) is 51.2 Å². The maximum absolute atomic E-state index is 12.0. The van der Waals surface area contributed by atoms with Gasteiger partial charge in [-0.1, -0.05) is 52.3 Å². The van der Waals surface area contributed by atoms with Crippen LogP contribution in [-0.4, -0.2) is 52.5 Å². The summed E-state index contributed by atoms with van der Waals surface area (Å²) in [4.78, 5) is 35.8. The summed E-state index contributed by atoms with van der Waals surface area (Å²) in [5.41, 5.74) is 0.0561. The highest BCUT2D eigenvalue weighted by Crippen LogP contribution is 2.37. The Hall–Kier alpha value is -2.04. The zero-order chi connectivity index (χ0) is 25.6. The Balaban J connectivity index is 1.54. The molecule has 0 radical (unpaired) electrons. The molecule has 1 aliphatic heterocycles. The molecule has 2 aromatic rings. The minimum absolute atomic E-state index is 0.00261. The van der Waals surface area contributed by atoms with Crippen LogP contribution in [0.4, 0.5) is 16.3 Å². The maximum Gasteiger partial charge on any atom is 0.407 e. The Kier molecular flexibility index (Phi) is 9.28. The van der Waals surface area contributed by atoms with E-state index < -0.39 is 5.60 Å². The third-order valence-corrected chi connectivity index (χ3v) is 7.55. The van der Waals surface area contributed by atoms with Gasteiger partial charge in [0.25, 0.3) is 0 Å². The highest BCUT2D eigenvalue weighted by molar-refractivity contribution is 9.09. The van der Waals surface area contributed by atoms with Crippen LogP contribution in [0.15, 0.2) is 40.5 Å². The lowest BCUT2D eigenvalue weighted by molar-refractivity contribution is -0.113. The van der Waals surface area contributed by atoms with Gasteiger partial charge in [0, 0.05) is 24.5 Å². The second-order valence-electron chi connectivity index (χ2n) is 9.77. The number of nitrogens with zero attached hydrogens (tertiary/aromatic N) is 3. The minimum Gasteiger partial charge on any atom is -0.444 e. The first-order valence-corrected chi connectivity index (χ1v) is 13.7. The van der Waals surface area contributed by atoms with Gasteiger partial charge in [-0.15, -0.1) is 0 Å². The number of alkyl carbamates (subject to hydrolysis) is 1. The van der Waals surface area contributed by atoms with E-state index in [1.807, 2.05) is 32.9 Å². The fourth-order valence-electron chi connectivity index (χ4n) is 3.56. The minimum atomic E-state index is -0.505. The Morgan fingerprint density at radius 1 is 1.23 bits per heavy atom. The zero-order valence-electron chi connectivity index (χ0n) is 20.4. The molecule has 190 valence electrons. The van der Waals surface area contributed by atoms with Gasteiger partial charge in [0.15, 0.2) is 0 Å². The van der Waals surface area contributed by atoms with Crippen LogP contribution in [0.1, 0.15) is 40.5 Å². The van der Waals surface area contributed by atoms with Gasteiger partial charge in [0.05, 0.1) is 28.4 Å². The van der Waals surface area contributed by atoms with Crippen molar-refractivity contribution in [1.82, 2.24) is 15.3 Å². The van der Waals surface area contributed by atoms with E-state index in [1.165, 1.54) is 11.8 Å². The van der Waals surface area contributed by atoms with Crippen molar-refractivity contribution in [2.75, 3.05) is 35.2 Å². The first-order chi connectivity index (χ1) is 16.5. The highest BCUT2D eigenvalue weighted by Gasteiger charge is 2.31. The van der Waals surface area contributed by atoms with Crippen molar-refractivity contribution in [2.24, 2.45) is 5.41 Å². The molecule has 0 bridgehead atoms. The molecule has 2 heterocycles. The smallest absolute Gasteiger partial charge is 0.407 e. The van der Waals surface area contributed by atoms with Crippen molar-refractivity contribution in [3.8, 4) is 0 Å². The number of halogens is 2. The molecule has 1 fully saturated rings. The van der Waals surface area contributed by atoms with Gasteiger partial charge in [-0.3, -0.25) is 4.79 Å². The number of piperidine rings is 1. The molecule has 8 nitrogen and oxygen atoms in total. The quantitative estimate of drug-likeness (QED) is 0.400. The van der Waals surface area contributed by atoms with E-state index in [4.69, 9.17) is 16.3 Å². The van der Waals surface area contributed by atoms with Gasteiger partial charge in [0.1, 0.15) is 16.4 Å². The van der Waals surface area contributed by atoms with E-state index in [0.717, 1.165) is 36.6 Å². The van der Waals surface area contributed by atoms with Crippen molar-refractivity contribution in [1.29, 1.82) is 0 Å². The summed E-state index contributed by atoms with van der Waals surface area (Å²) in [6.07, 6.45) is 4.97. The van der Waals surface area contributed by atoms with Crippen LogP contribution in [0.5, 0.6) is 0 Å². The number of carbonyl (C=O) groups excluding carboxylic acids is 2. The highest BCUT2D eigenvalue weighted by atomic mass is 79.9. The van der Waals surface area contributed by atoms with Crippen LogP contribution in [0.2, 0.25) is 5.02 Å². The fourth-order valence-corrected chi connectivity index (χ4v) is 4.77. The normalized spacial score (nSPS) is 15.4. The second kappa shape index (κ2) is 11.8. The van der Waals surface area contributed by atoms with E-state index >= 15 is 0 Å². The number of ether oxygens (including phenoxy) is 1. The summed E-state index contributed by atoms with van der Waals surface area (Å²) in [7, 11) is 0. The van der Waals surface area contributed by atoms with Gasteiger partial charge in [-0.25, -0.2) is 14.8 Å². The van der Waals surface area contributed by atoms with Gasteiger partial charge >= 0.3 is 6.09 Å². The SMILES string of the molecule is CC1(CNC(=O)OC(C)(C)C)CCN(c2cnc(Sc3cccc(NC(=O)CBr)c3Cl)cn2)CC1. The number of hydrogen-bond donors (Lipinski definition) is 2. The van der Waals surface area contributed by atoms with E-state index in [0.29, 0.717) is 22.3 Å². The largest absolute Gasteiger partial charge is 0.444 e. The third kappa shape index (κ3) is 8.25. The number of nitrogens with one attached hydrogen (secondary N) is 2. The maximum atomic E-state index is 12.0. The molecule has 3 rings (SSSR count). The standard InChI is InChI=1S/C24H31BrClN5O3S/c1-23(2,3)34-22(33)29-15-24(4)8-10-31(11-9-24)18-13-28-20(14-27-18)35-17-7-5-6-16(21(17)26)30-19(32)12-25/h5-7,13-14H,8-12,15H2,1-4H3,(H,29,33)(H,30,32). The number of alkyl halides is 1. The van der Waals surface area contributed by atoms with Gasteiger partial charge < -0.3 is 20.3 Å². The van der Waals surface area contributed by atoms with Crippen molar-refractivity contribution < 1.29 is 14.3 Å². The summed E-state index contributed by atoms with van der Waals surface area (Å²) >= 11 is 11.0. The van der Waals surface area contributed by atoms with Crippen LogP contribution in [-0.2, 0) is 9.53 Å². The molecule has 0 unspecified atom stereocenters. The molecule has 2 N–H and O–H groups in total. The topological polar surface area (TPSA) is 96.5 Å². The zero-order valence-corrected chi connectivity index (χ0v) is 23.5. The van der Waals surface area contributed by atoms with E-state index in [1.54, 1.807) is 18.5 Å². The van der Waals surface area contributed by atoms with Crippen LogP contribution < -0.4 is 15.5 Å². The van der Waals surface area contributed by atoms with Crippen LogP contribution in [0.25, 0.3) is 0 Å². The van der Waals surface area contributed by atoms with Crippen molar-refractivity contribution in [3.63, 3.8) is 0 Å². The molecule has 1 aliphatic rings. The Morgan fingerprint density at radius 2 is 1.94 bits per heavy atom. The molecule has 0 atom stereocenters. The molecule has 0 spiro atoms. The summed E-state index contributed by atoms with van der Waals surface area (Å²) in [5, 5.41) is 7.05. The lowest BCUT2D eigenvalue weighted by Crippen LogP contribution is -2.45. The third-order valence-electron chi connectivity index (χ3n) is 5.54. The number of aromatic nitrogens is 2. The lowest BCUT2D eigenvalue weighted by Gasteiger charge is -2.40. The predicted molar refractivity (Wildman–Crippen MR) is 144 cm³/mol. The van der Waals surface area contributed by atoms with Gasteiger partial charge in [-0.2, -0.15) is 0 Å². The lowest BCUT2D eigenvalue weighted by atomic mass is 9.80. The summed E-state index contributed by atoms with van der Waals surface area (Å²) in [6.45, 7) is 9.99. The van der Waals surface area contributed by atoms with Crippen LogP contribution >= 0.6 is 39.3 Å². The molecular weight excluding hydrogens is 554 g/mol. The molecule has 1 aromatic carbocycles. The van der Waals surface area contributed by atoms with Crippen molar-refractivity contribution in [2.45, 2.75) is 56.1 Å². The number of amides is 2. The van der Waals surface area contributed by atoms with Gasteiger partial charge in [0.2, 0.25) is 5.91 Å². The Bertz CT molecular complexity index is 1040. The average Bonchev–Trinajstić information content (AvgIpc) is 2.80. The molecule has 0 aliphatic carbocycles. The predicted octanol–water partition coefficient (Wildman–Crippen LogP) is 5.75. The molecule has 1 saturated heterocycles. The summed E-state index contributed by atoms with van der Waals surface area (Å²) < 4.78 is 5.34. The van der Waals surface area contributed by atoms with Crippen LogP contribution in [0, 0.1) is 5.41 Å². The number of anilines is 2. The molecule has 11 heteroatoms. The molecular formula is C24H31BrClN5O3S.